The second-order valence-corrected chi connectivity index (χ2v) is 7.76. The van der Waals surface area contributed by atoms with Gasteiger partial charge in [-0.15, -0.1) is 0 Å². The van der Waals surface area contributed by atoms with E-state index in [4.69, 9.17) is 5.21 Å². The molecular weight excluding hydrogens is 366 g/mol. The van der Waals surface area contributed by atoms with E-state index in [2.05, 4.69) is 11.0 Å². The molecule has 6 nitrogen and oxygen atoms in total. The summed E-state index contributed by atoms with van der Waals surface area (Å²) in [5, 5.41) is 8.71. The molecule has 0 atom stereocenters. The van der Waals surface area contributed by atoms with Gasteiger partial charge in [0, 0.05) is 31.4 Å². The lowest BCUT2D eigenvalue weighted by atomic mass is 9.85. The van der Waals surface area contributed by atoms with Gasteiger partial charge in [0.1, 0.15) is 0 Å². The molecule has 4 rings (SSSR count). The second kappa shape index (κ2) is 8.09. The van der Waals surface area contributed by atoms with Gasteiger partial charge in [-0.2, -0.15) is 0 Å². The van der Waals surface area contributed by atoms with Crippen molar-refractivity contribution in [3.05, 3.63) is 71.8 Å². The van der Waals surface area contributed by atoms with Gasteiger partial charge >= 0.3 is 0 Å². The number of hydrogen-bond acceptors (Lipinski definition) is 4. The predicted molar refractivity (Wildman–Crippen MR) is 111 cm³/mol. The average molecular weight is 391 g/mol. The Hall–Kier alpha value is -3.12. The van der Waals surface area contributed by atoms with Gasteiger partial charge in [0.05, 0.1) is 12.0 Å². The number of carbonyl (C=O) groups is 2. The van der Waals surface area contributed by atoms with Crippen molar-refractivity contribution in [2.24, 2.45) is 0 Å². The SMILES string of the molecule is O=C(C=Cc1ccccc1N1CCCC12CN(C(=O)Cc1ccccc1)C2)NO. The van der Waals surface area contributed by atoms with Gasteiger partial charge in [0.15, 0.2) is 0 Å². The van der Waals surface area contributed by atoms with Crippen LogP contribution in [-0.4, -0.2) is 47.1 Å². The second-order valence-electron chi connectivity index (χ2n) is 7.76. The Bertz CT molecular complexity index is 920. The van der Waals surface area contributed by atoms with E-state index < -0.39 is 5.91 Å². The molecule has 150 valence electrons. The zero-order valence-electron chi connectivity index (χ0n) is 16.3. The molecule has 2 aromatic rings. The zero-order valence-corrected chi connectivity index (χ0v) is 16.3. The number of likely N-dealkylation sites (tertiary alicyclic amines) is 1. The fourth-order valence-corrected chi connectivity index (χ4v) is 4.44. The maximum atomic E-state index is 12.7. The highest BCUT2D eigenvalue weighted by Gasteiger charge is 2.51. The summed E-state index contributed by atoms with van der Waals surface area (Å²) in [7, 11) is 0. The van der Waals surface area contributed by atoms with Gasteiger partial charge in [0.25, 0.3) is 5.91 Å². The van der Waals surface area contributed by atoms with Gasteiger partial charge in [-0.1, -0.05) is 48.5 Å². The molecule has 0 radical (unpaired) electrons. The normalized spacial score (nSPS) is 17.6. The van der Waals surface area contributed by atoms with E-state index in [0.29, 0.717) is 6.42 Å². The monoisotopic (exact) mass is 391 g/mol. The quantitative estimate of drug-likeness (QED) is 0.467. The van der Waals surface area contributed by atoms with Gasteiger partial charge in [-0.25, -0.2) is 5.48 Å². The molecule has 2 aromatic carbocycles. The van der Waals surface area contributed by atoms with Crippen LogP contribution in [0.1, 0.15) is 24.0 Å². The molecule has 2 fully saturated rings. The van der Waals surface area contributed by atoms with Crippen LogP contribution < -0.4 is 10.4 Å². The van der Waals surface area contributed by atoms with Crippen LogP contribution in [0.15, 0.2) is 60.7 Å². The summed E-state index contributed by atoms with van der Waals surface area (Å²) in [6, 6.07) is 17.8. The van der Waals surface area contributed by atoms with E-state index in [9.17, 15) is 9.59 Å². The Balaban J connectivity index is 1.48. The largest absolute Gasteiger partial charge is 0.362 e. The first-order valence-corrected chi connectivity index (χ1v) is 9.92. The highest BCUT2D eigenvalue weighted by Crippen LogP contribution is 2.42. The Morgan fingerprint density at radius 1 is 1.07 bits per heavy atom. The Morgan fingerprint density at radius 2 is 1.79 bits per heavy atom. The van der Waals surface area contributed by atoms with E-state index in [-0.39, 0.29) is 11.4 Å². The molecule has 1 spiro atoms. The van der Waals surface area contributed by atoms with Crippen molar-refractivity contribution in [2.45, 2.75) is 24.8 Å². The summed E-state index contributed by atoms with van der Waals surface area (Å²) < 4.78 is 0. The number of carbonyl (C=O) groups excluding carboxylic acids is 2. The average Bonchev–Trinajstić information content (AvgIpc) is 3.17. The van der Waals surface area contributed by atoms with Crippen molar-refractivity contribution >= 4 is 23.6 Å². The summed E-state index contributed by atoms with van der Waals surface area (Å²) >= 11 is 0. The molecule has 2 N–H and O–H groups in total. The minimum absolute atomic E-state index is 0.0322. The van der Waals surface area contributed by atoms with E-state index in [1.165, 1.54) is 6.08 Å². The number of nitrogens with one attached hydrogen (secondary N) is 1. The Morgan fingerprint density at radius 3 is 2.55 bits per heavy atom. The Labute approximate surface area is 170 Å². The number of amides is 2. The minimum Gasteiger partial charge on any atom is -0.362 e. The summed E-state index contributed by atoms with van der Waals surface area (Å²) in [5.41, 5.74) is 4.61. The van der Waals surface area contributed by atoms with Crippen LogP contribution in [0.25, 0.3) is 6.08 Å². The summed E-state index contributed by atoms with van der Waals surface area (Å²) in [5.74, 6) is -0.390. The number of benzene rings is 2. The minimum atomic E-state index is -0.558. The molecule has 0 aromatic heterocycles. The number of anilines is 1. The first-order valence-electron chi connectivity index (χ1n) is 9.92. The van der Waals surface area contributed by atoms with Gasteiger partial charge in [-0.3, -0.25) is 14.8 Å². The van der Waals surface area contributed by atoms with Crippen LogP contribution >= 0.6 is 0 Å². The maximum absolute atomic E-state index is 12.7. The number of hydroxylamine groups is 1. The number of hydrogen-bond donors (Lipinski definition) is 2. The molecule has 0 aliphatic carbocycles. The third-order valence-electron chi connectivity index (χ3n) is 5.87. The predicted octanol–water partition coefficient (Wildman–Crippen LogP) is 2.63. The molecule has 2 heterocycles. The number of nitrogens with zero attached hydrogens (tertiary/aromatic N) is 2. The lowest BCUT2D eigenvalue weighted by molar-refractivity contribution is -0.137. The van der Waals surface area contributed by atoms with Crippen LogP contribution in [0, 0.1) is 0 Å². The lowest BCUT2D eigenvalue weighted by Gasteiger charge is -2.54. The van der Waals surface area contributed by atoms with Crippen molar-refractivity contribution in [1.82, 2.24) is 10.4 Å². The zero-order chi connectivity index (χ0) is 20.3. The highest BCUT2D eigenvalue weighted by molar-refractivity contribution is 5.92. The van der Waals surface area contributed by atoms with Crippen LogP contribution in [0.3, 0.4) is 0 Å². The molecule has 0 bridgehead atoms. The first-order chi connectivity index (χ1) is 14.1. The maximum Gasteiger partial charge on any atom is 0.267 e. The van der Waals surface area contributed by atoms with Crippen molar-refractivity contribution in [2.75, 3.05) is 24.5 Å². The van der Waals surface area contributed by atoms with Crippen molar-refractivity contribution in [1.29, 1.82) is 0 Å². The van der Waals surface area contributed by atoms with Gasteiger partial charge in [-0.05, 0) is 36.1 Å². The van der Waals surface area contributed by atoms with Gasteiger partial charge < -0.3 is 9.80 Å². The molecule has 0 saturated carbocycles. The highest BCUT2D eigenvalue weighted by atomic mass is 16.5. The van der Waals surface area contributed by atoms with E-state index in [0.717, 1.165) is 49.3 Å². The lowest BCUT2D eigenvalue weighted by Crippen LogP contribution is -2.69. The molecule has 0 unspecified atom stereocenters. The van der Waals surface area contributed by atoms with Crippen LogP contribution in [0.5, 0.6) is 0 Å². The van der Waals surface area contributed by atoms with Crippen molar-refractivity contribution in [3.8, 4) is 0 Å². The summed E-state index contributed by atoms with van der Waals surface area (Å²) in [6.07, 6.45) is 5.60. The molecule has 2 aliphatic rings. The molecule has 29 heavy (non-hydrogen) atoms. The molecule has 6 heteroatoms. The molecule has 2 saturated heterocycles. The summed E-state index contributed by atoms with van der Waals surface area (Å²) in [6.45, 7) is 2.39. The standard InChI is InChI=1S/C23H25N3O3/c27-21(24-29)12-11-19-9-4-5-10-20(19)26-14-6-13-23(26)16-25(17-23)22(28)15-18-7-2-1-3-8-18/h1-5,7-12,29H,6,13-17H2,(H,24,27). The van der Waals surface area contributed by atoms with E-state index in [1.807, 2.05) is 53.4 Å². The third kappa shape index (κ3) is 3.89. The smallest absolute Gasteiger partial charge is 0.267 e. The van der Waals surface area contributed by atoms with Gasteiger partial charge in [0.2, 0.25) is 5.91 Å². The third-order valence-corrected chi connectivity index (χ3v) is 5.87. The number of para-hydroxylation sites is 1. The van der Waals surface area contributed by atoms with Crippen LogP contribution in [0.4, 0.5) is 5.69 Å². The van der Waals surface area contributed by atoms with Crippen LogP contribution in [-0.2, 0) is 16.0 Å². The van der Waals surface area contributed by atoms with Crippen molar-refractivity contribution in [3.63, 3.8) is 0 Å². The topological polar surface area (TPSA) is 72.9 Å². The van der Waals surface area contributed by atoms with E-state index in [1.54, 1.807) is 11.6 Å². The van der Waals surface area contributed by atoms with Crippen LogP contribution in [0.2, 0.25) is 0 Å². The Kier molecular flexibility index (Phi) is 5.36. The van der Waals surface area contributed by atoms with Crippen molar-refractivity contribution < 1.29 is 14.8 Å². The molecule has 2 aliphatic heterocycles. The molecule has 2 amide bonds. The fraction of sp³-hybridized carbons (Fsp3) is 0.304. The van der Waals surface area contributed by atoms with E-state index >= 15 is 0 Å². The number of rotatable bonds is 5. The first kappa shape index (κ1) is 19.2. The molecular formula is C23H25N3O3. The fourth-order valence-electron chi connectivity index (χ4n) is 4.44. The summed E-state index contributed by atoms with van der Waals surface area (Å²) in [4.78, 5) is 28.4.